The first-order chi connectivity index (χ1) is 6.95. The fourth-order valence-corrected chi connectivity index (χ4v) is 2.02. The summed E-state index contributed by atoms with van der Waals surface area (Å²) in [7, 11) is 0. The Morgan fingerprint density at radius 2 is 1.86 bits per heavy atom. The van der Waals surface area contributed by atoms with Crippen LogP contribution >= 0.6 is 0 Å². The second-order valence-electron chi connectivity index (χ2n) is 3.59. The van der Waals surface area contributed by atoms with Gasteiger partial charge in [0.1, 0.15) is 5.82 Å². The minimum atomic E-state index is 0.786. The van der Waals surface area contributed by atoms with Crippen molar-refractivity contribution >= 4 is 11.6 Å². The van der Waals surface area contributed by atoms with Gasteiger partial charge in [-0.2, -0.15) is 0 Å². The van der Waals surface area contributed by atoms with Gasteiger partial charge in [0, 0.05) is 31.7 Å². The van der Waals surface area contributed by atoms with Crippen LogP contribution in [0.1, 0.15) is 12.8 Å². The van der Waals surface area contributed by atoms with Crippen LogP contribution in [0.5, 0.6) is 0 Å². The average Bonchev–Trinajstić information content (AvgIpc) is 2.88. The molecule has 0 radical (unpaired) electrons. The zero-order chi connectivity index (χ0) is 9.38. The van der Waals surface area contributed by atoms with Crippen molar-refractivity contribution in [2.45, 2.75) is 12.8 Å². The van der Waals surface area contributed by atoms with Gasteiger partial charge in [0.15, 0.2) is 0 Å². The minimum absolute atomic E-state index is 0.786. The maximum absolute atomic E-state index is 4.20. The van der Waals surface area contributed by atoms with Crippen molar-refractivity contribution in [3.8, 4) is 0 Å². The first-order valence-electron chi connectivity index (χ1n) is 4.98. The zero-order valence-electron chi connectivity index (χ0n) is 7.93. The summed E-state index contributed by atoms with van der Waals surface area (Å²) < 4.78 is 2.05. The van der Waals surface area contributed by atoms with Gasteiger partial charge in [0.05, 0.1) is 0 Å². The van der Waals surface area contributed by atoms with Gasteiger partial charge >= 0.3 is 0 Å². The number of fused-ring (bicyclic) bond motifs is 1. The van der Waals surface area contributed by atoms with E-state index in [1.165, 1.54) is 18.7 Å². The molecule has 4 heteroatoms. The molecule has 1 fully saturated rings. The van der Waals surface area contributed by atoms with E-state index >= 15 is 0 Å². The molecule has 0 bridgehead atoms. The van der Waals surface area contributed by atoms with Crippen molar-refractivity contribution in [1.82, 2.24) is 14.4 Å². The SMILES string of the molecule is c1cc(N2CCCC2)n2ccnc2n1. The Labute approximate surface area is 82.2 Å². The van der Waals surface area contributed by atoms with E-state index in [0.717, 1.165) is 18.9 Å². The highest BCUT2D eigenvalue weighted by atomic mass is 15.3. The van der Waals surface area contributed by atoms with Gasteiger partial charge in [-0.3, -0.25) is 4.40 Å². The predicted molar refractivity (Wildman–Crippen MR) is 54.4 cm³/mol. The molecular formula is C10H12N4. The highest BCUT2D eigenvalue weighted by Crippen LogP contribution is 2.19. The van der Waals surface area contributed by atoms with E-state index < -0.39 is 0 Å². The van der Waals surface area contributed by atoms with Gasteiger partial charge < -0.3 is 4.90 Å². The number of anilines is 1. The van der Waals surface area contributed by atoms with Gasteiger partial charge in [-0.25, -0.2) is 9.97 Å². The molecular weight excluding hydrogens is 176 g/mol. The van der Waals surface area contributed by atoms with Crippen molar-refractivity contribution in [3.63, 3.8) is 0 Å². The van der Waals surface area contributed by atoms with Crippen LogP contribution in [0.15, 0.2) is 24.7 Å². The summed E-state index contributed by atoms with van der Waals surface area (Å²) in [6.07, 6.45) is 8.17. The molecule has 0 amide bonds. The van der Waals surface area contributed by atoms with Crippen LogP contribution in [0.2, 0.25) is 0 Å². The minimum Gasteiger partial charge on any atom is -0.358 e. The second kappa shape index (κ2) is 2.97. The molecule has 0 unspecified atom stereocenters. The summed E-state index contributed by atoms with van der Waals surface area (Å²) in [4.78, 5) is 10.8. The van der Waals surface area contributed by atoms with Crippen LogP contribution < -0.4 is 4.90 Å². The van der Waals surface area contributed by atoms with E-state index in [2.05, 4.69) is 20.9 Å². The largest absolute Gasteiger partial charge is 0.358 e. The number of imidazole rings is 1. The first kappa shape index (κ1) is 7.79. The van der Waals surface area contributed by atoms with Crippen molar-refractivity contribution in [1.29, 1.82) is 0 Å². The summed E-state index contributed by atoms with van der Waals surface area (Å²) in [6, 6.07) is 2.06. The molecule has 0 N–H and O–H groups in total. The van der Waals surface area contributed by atoms with Crippen molar-refractivity contribution in [3.05, 3.63) is 24.7 Å². The van der Waals surface area contributed by atoms with Crippen LogP contribution in [0.25, 0.3) is 5.78 Å². The Bertz CT molecular complexity index is 442. The fraction of sp³-hybridized carbons (Fsp3) is 0.400. The van der Waals surface area contributed by atoms with Gasteiger partial charge in [0.25, 0.3) is 0 Å². The predicted octanol–water partition coefficient (Wildman–Crippen LogP) is 1.33. The molecule has 1 aliphatic heterocycles. The van der Waals surface area contributed by atoms with E-state index in [1.54, 1.807) is 6.20 Å². The molecule has 0 spiro atoms. The maximum Gasteiger partial charge on any atom is 0.235 e. The quantitative estimate of drug-likeness (QED) is 0.677. The van der Waals surface area contributed by atoms with Gasteiger partial charge in [-0.15, -0.1) is 0 Å². The van der Waals surface area contributed by atoms with E-state index in [0.29, 0.717) is 0 Å². The molecule has 72 valence electrons. The number of hydrogen-bond acceptors (Lipinski definition) is 3. The van der Waals surface area contributed by atoms with E-state index in [1.807, 2.05) is 16.8 Å². The molecule has 1 aliphatic rings. The molecule has 0 saturated carbocycles. The molecule has 1 saturated heterocycles. The molecule has 0 aromatic carbocycles. The molecule has 3 rings (SSSR count). The molecule has 2 aromatic heterocycles. The van der Waals surface area contributed by atoms with Crippen molar-refractivity contribution < 1.29 is 0 Å². The smallest absolute Gasteiger partial charge is 0.235 e. The van der Waals surface area contributed by atoms with E-state index in [4.69, 9.17) is 0 Å². The topological polar surface area (TPSA) is 33.4 Å². The standard InChI is InChI=1S/C10H12N4/c1-2-7-13(6-1)9-3-4-11-10-12-5-8-14(9)10/h3-5,8H,1-2,6-7H2. The van der Waals surface area contributed by atoms with Crippen LogP contribution in [-0.4, -0.2) is 27.5 Å². The Kier molecular flexibility index (Phi) is 1.65. The van der Waals surface area contributed by atoms with E-state index in [9.17, 15) is 0 Å². The Morgan fingerprint density at radius 1 is 1.07 bits per heavy atom. The van der Waals surface area contributed by atoms with Crippen LogP contribution in [-0.2, 0) is 0 Å². The number of rotatable bonds is 1. The number of hydrogen-bond donors (Lipinski definition) is 0. The third kappa shape index (κ3) is 1.07. The molecule has 4 nitrogen and oxygen atoms in total. The normalized spacial score (nSPS) is 16.7. The van der Waals surface area contributed by atoms with Crippen LogP contribution in [0, 0.1) is 0 Å². The average molecular weight is 188 g/mol. The summed E-state index contributed by atoms with van der Waals surface area (Å²) in [5, 5.41) is 0. The van der Waals surface area contributed by atoms with Crippen molar-refractivity contribution in [2.24, 2.45) is 0 Å². The molecule has 0 aliphatic carbocycles. The lowest BCUT2D eigenvalue weighted by Crippen LogP contribution is -2.20. The lowest BCUT2D eigenvalue weighted by Gasteiger charge is -2.18. The van der Waals surface area contributed by atoms with Gasteiger partial charge in [-0.1, -0.05) is 0 Å². The second-order valence-corrected chi connectivity index (χ2v) is 3.59. The Morgan fingerprint density at radius 3 is 2.71 bits per heavy atom. The summed E-state index contributed by atoms with van der Waals surface area (Å²) in [5.74, 6) is 2.00. The summed E-state index contributed by atoms with van der Waals surface area (Å²) in [5.41, 5.74) is 0. The van der Waals surface area contributed by atoms with Crippen molar-refractivity contribution in [2.75, 3.05) is 18.0 Å². The zero-order valence-corrected chi connectivity index (χ0v) is 7.93. The maximum atomic E-state index is 4.20. The highest BCUT2D eigenvalue weighted by molar-refractivity contribution is 5.47. The fourth-order valence-electron chi connectivity index (χ4n) is 2.02. The van der Waals surface area contributed by atoms with Crippen LogP contribution in [0.4, 0.5) is 5.82 Å². The third-order valence-electron chi connectivity index (χ3n) is 2.71. The molecule has 2 aromatic rings. The summed E-state index contributed by atoms with van der Waals surface area (Å²) in [6.45, 7) is 2.30. The molecule has 0 atom stereocenters. The monoisotopic (exact) mass is 188 g/mol. The Hall–Kier alpha value is -1.58. The third-order valence-corrected chi connectivity index (χ3v) is 2.71. The number of nitrogens with zero attached hydrogens (tertiary/aromatic N) is 4. The Balaban J connectivity index is 2.14. The van der Waals surface area contributed by atoms with E-state index in [-0.39, 0.29) is 0 Å². The molecule has 14 heavy (non-hydrogen) atoms. The highest BCUT2D eigenvalue weighted by Gasteiger charge is 2.14. The lowest BCUT2D eigenvalue weighted by molar-refractivity contribution is 0.908. The first-order valence-corrected chi connectivity index (χ1v) is 4.98. The molecule has 3 heterocycles. The van der Waals surface area contributed by atoms with Crippen LogP contribution in [0.3, 0.4) is 0 Å². The summed E-state index contributed by atoms with van der Waals surface area (Å²) >= 11 is 0. The van der Waals surface area contributed by atoms with Gasteiger partial charge in [-0.05, 0) is 18.9 Å². The van der Waals surface area contributed by atoms with Gasteiger partial charge in [0.2, 0.25) is 5.78 Å². The number of aromatic nitrogens is 3. The lowest BCUT2D eigenvalue weighted by atomic mass is 10.4.